The smallest absolute Gasteiger partial charge is 0.238 e. The van der Waals surface area contributed by atoms with E-state index in [1.807, 2.05) is 0 Å². The Labute approximate surface area is 129 Å². The van der Waals surface area contributed by atoms with Crippen LogP contribution in [0.5, 0.6) is 0 Å². The summed E-state index contributed by atoms with van der Waals surface area (Å²) < 4.78 is 6.28. The van der Waals surface area contributed by atoms with Gasteiger partial charge in [0.15, 0.2) is 5.60 Å². The van der Waals surface area contributed by atoms with E-state index in [0.717, 1.165) is 44.9 Å². The van der Waals surface area contributed by atoms with Crippen molar-refractivity contribution in [2.45, 2.75) is 74.5 Å². The zero-order valence-electron chi connectivity index (χ0n) is 12.6. The van der Waals surface area contributed by atoms with Crippen LogP contribution < -0.4 is 11.5 Å². The number of nitrogens with two attached hydrogens (primary N) is 2. The third-order valence-corrected chi connectivity index (χ3v) is 6.39. The molecular weight excluding hydrogens is 284 g/mol. The molecule has 0 saturated heterocycles. The lowest BCUT2D eigenvalue weighted by atomic mass is 9.81. The summed E-state index contributed by atoms with van der Waals surface area (Å²) in [5.74, 6) is -0.106. The van der Waals surface area contributed by atoms with Gasteiger partial charge in [0.05, 0.1) is 12.1 Å². The van der Waals surface area contributed by atoms with E-state index in [4.69, 9.17) is 16.2 Å². The summed E-state index contributed by atoms with van der Waals surface area (Å²) in [5, 5.41) is 14.2. The molecule has 7 nitrogen and oxygen atoms in total. The standard InChI is InChI=1S/C15H24N4O3/c16-12-8-4-3-5-9(8)15(20,19-21)14(12)13(17)18-10-6-1-2-7-11(10)22-14/h8-12,20H,1-7,16H2,(H2,17,18). The van der Waals surface area contributed by atoms with E-state index < -0.39 is 17.4 Å². The molecule has 0 radical (unpaired) electrons. The second kappa shape index (κ2) is 4.72. The van der Waals surface area contributed by atoms with E-state index in [1.165, 1.54) is 0 Å². The van der Waals surface area contributed by atoms with Gasteiger partial charge in [0, 0.05) is 12.0 Å². The summed E-state index contributed by atoms with van der Waals surface area (Å²) in [6.07, 6.45) is 6.36. The lowest BCUT2D eigenvalue weighted by molar-refractivity contribution is -0.184. The van der Waals surface area contributed by atoms with Gasteiger partial charge in [-0.25, -0.2) is 0 Å². The van der Waals surface area contributed by atoms with Crippen LogP contribution in [0.4, 0.5) is 0 Å². The molecule has 122 valence electrons. The number of amidine groups is 1. The van der Waals surface area contributed by atoms with Gasteiger partial charge in [-0.05, 0) is 36.8 Å². The van der Waals surface area contributed by atoms with Crippen molar-refractivity contribution in [1.82, 2.24) is 0 Å². The molecule has 1 spiro atoms. The van der Waals surface area contributed by atoms with Crippen molar-refractivity contribution in [2.75, 3.05) is 0 Å². The largest absolute Gasteiger partial charge is 0.385 e. The topological polar surface area (TPSA) is 123 Å². The monoisotopic (exact) mass is 308 g/mol. The van der Waals surface area contributed by atoms with Crippen molar-refractivity contribution >= 4 is 5.84 Å². The van der Waals surface area contributed by atoms with Gasteiger partial charge in [-0.3, -0.25) is 4.99 Å². The highest BCUT2D eigenvalue weighted by Crippen LogP contribution is 2.58. The van der Waals surface area contributed by atoms with Gasteiger partial charge in [-0.1, -0.05) is 19.3 Å². The van der Waals surface area contributed by atoms with E-state index >= 15 is 0 Å². The number of nitrogens with zero attached hydrogens (tertiary/aromatic N) is 2. The highest BCUT2D eigenvalue weighted by atomic mass is 16.5. The Bertz CT molecular complexity index is 527. The van der Waals surface area contributed by atoms with Crippen LogP contribution in [0.2, 0.25) is 0 Å². The minimum absolute atomic E-state index is 0.0107. The molecule has 0 aromatic rings. The summed E-state index contributed by atoms with van der Waals surface area (Å²) in [7, 11) is 0. The normalized spacial score (nSPS) is 53.9. The molecule has 0 amide bonds. The Balaban J connectivity index is 1.82. The first-order chi connectivity index (χ1) is 10.5. The lowest BCUT2D eigenvalue weighted by Gasteiger charge is -2.48. The molecule has 4 aliphatic rings. The Morgan fingerprint density at radius 1 is 1.23 bits per heavy atom. The maximum absolute atomic E-state index is 11.7. The van der Waals surface area contributed by atoms with Crippen LogP contribution in [0.3, 0.4) is 0 Å². The molecule has 1 heterocycles. The molecule has 22 heavy (non-hydrogen) atoms. The lowest BCUT2D eigenvalue weighted by Crippen LogP contribution is -2.71. The quantitative estimate of drug-likeness (QED) is 0.613. The summed E-state index contributed by atoms with van der Waals surface area (Å²) in [5.41, 5.74) is 9.32. The SMILES string of the molecule is NC1=NC2CCCCC2OC12C(N)C1CCCC1C2(O)N=O. The van der Waals surface area contributed by atoms with E-state index in [-0.39, 0.29) is 29.8 Å². The van der Waals surface area contributed by atoms with Crippen LogP contribution in [0, 0.1) is 16.7 Å². The molecule has 3 aliphatic carbocycles. The van der Waals surface area contributed by atoms with Gasteiger partial charge in [0.2, 0.25) is 5.72 Å². The maximum atomic E-state index is 11.7. The molecule has 7 unspecified atom stereocenters. The highest BCUT2D eigenvalue weighted by molar-refractivity contribution is 5.93. The highest BCUT2D eigenvalue weighted by Gasteiger charge is 2.75. The van der Waals surface area contributed by atoms with Crippen molar-refractivity contribution in [3.8, 4) is 0 Å². The van der Waals surface area contributed by atoms with Crippen molar-refractivity contribution in [1.29, 1.82) is 0 Å². The van der Waals surface area contributed by atoms with Gasteiger partial charge < -0.3 is 21.3 Å². The van der Waals surface area contributed by atoms with Gasteiger partial charge in [-0.2, -0.15) is 0 Å². The first kappa shape index (κ1) is 14.5. The fourth-order valence-electron chi connectivity index (χ4n) is 5.34. The maximum Gasteiger partial charge on any atom is 0.238 e. The molecule has 0 aromatic carbocycles. The predicted molar refractivity (Wildman–Crippen MR) is 81.0 cm³/mol. The number of hydrogen-bond acceptors (Lipinski definition) is 7. The van der Waals surface area contributed by atoms with Crippen LogP contribution in [0.1, 0.15) is 44.9 Å². The Hall–Kier alpha value is -1.05. The van der Waals surface area contributed by atoms with Gasteiger partial charge in [0.1, 0.15) is 5.84 Å². The number of aliphatic imine (C=N–C) groups is 1. The molecule has 7 heteroatoms. The minimum Gasteiger partial charge on any atom is -0.385 e. The summed E-state index contributed by atoms with van der Waals surface area (Å²) in [6.45, 7) is 0. The number of hydrogen-bond donors (Lipinski definition) is 3. The van der Waals surface area contributed by atoms with Crippen molar-refractivity contribution < 1.29 is 9.84 Å². The molecule has 3 saturated carbocycles. The van der Waals surface area contributed by atoms with E-state index in [1.54, 1.807) is 0 Å². The zero-order valence-corrected chi connectivity index (χ0v) is 12.6. The first-order valence-electron chi connectivity index (χ1n) is 8.38. The van der Waals surface area contributed by atoms with Crippen molar-refractivity contribution in [3.63, 3.8) is 0 Å². The predicted octanol–water partition coefficient (Wildman–Crippen LogP) is 0.636. The van der Waals surface area contributed by atoms with Crippen molar-refractivity contribution in [2.24, 2.45) is 33.5 Å². The van der Waals surface area contributed by atoms with Gasteiger partial charge >= 0.3 is 0 Å². The molecular formula is C15H24N4O3. The molecule has 7 atom stereocenters. The molecule has 3 fully saturated rings. The van der Waals surface area contributed by atoms with Crippen LogP contribution in [0.25, 0.3) is 0 Å². The van der Waals surface area contributed by atoms with Crippen LogP contribution >= 0.6 is 0 Å². The van der Waals surface area contributed by atoms with E-state index in [2.05, 4.69) is 10.2 Å². The molecule has 1 aliphatic heterocycles. The number of fused-ring (bicyclic) bond motifs is 2. The first-order valence-corrected chi connectivity index (χ1v) is 8.38. The molecule has 4 rings (SSSR count). The number of ether oxygens (including phenoxy) is 1. The van der Waals surface area contributed by atoms with Crippen LogP contribution in [-0.2, 0) is 4.74 Å². The van der Waals surface area contributed by atoms with E-state index in [0.29, 0.717) is 0 Å². The van der Waals surface area contributed by atoms with Crippen molar-refractivity contribution in [3.05, 3.63) is 4.91 Å². The average molecular weight is 308 g/mol. The third kappa shape index (κ3) is 1.54. The number of nitroso groups, excluding NO2 is 1. The summed E-state index contributed by atoms with van der Waals surface area (Å²) in [6, 6.07) is -0.516. The average Bonchev–Trinajstić information content (AvgIpc) is 3.07. The number of aliphatic hydroxyl groups is 1. The van der Waals surface area contributed by atoms with Gasteiger partial charge in [-0.15, -0.1) is 4.91 Å². The molecule has 0 bridgehead atoms. The van der Waals surface area contributed by atoms with Crippen LogP contribution in [-0.4, -0.2) is 40.5 Å². The van der Waals surface area contributed by atoms with E-state index in [9.17, 15) is 10.0 Å². The third-order valence-electron chi connectivity index (χ3n) is 6.39. The second-order valence-electron chi connectivity index (χ2n) is 7.30. The van der Waals surface area contributed by atoms with Crippen LogP contribution in [0.15, 0.2) is 10.2 Å². The second-order valence-corrected chi connectivity index (χ2v) is 7.30. The molecule has 0 aromatic heterocycles. The number of rotatable bonds is 1. The fourth-order valence-corrected chi connectivity index (χ4v) is 5.34. The Morgan fingerprint density at radius 2 is 2.00 bits per heavy atom. The van der Waals surface area contributed by atoms with Gasteiger partial charge in [0.25, 0.3) is 0 Å². The summed E-state index contributed by atoms with van der Waals surface area (Å²) >= 11 is 0. The Kier molecular flexibility index (Phi) is 3.12. The molecule has 5 N–H and O–H groups in total. The minimum atomic E-state index is -1.90. The summed E-state index contributed by atoms with van der Waals surface area (Å²) in [4.78, 5) is 16.2. The zero-order chi connectivity index (χ0) is 15.5. The Morgan fingerprint density at radius 3 is 2.77 bits per heavy atom. The fraction of sp³-hybridized carbons (Fsp3) is 0.933.